The Kier molecular flexibility index (Phi) is 4.06. The minimum absolute atomic E-state index is 0.0443. The van der Waals surface area contributed by atoms with Gasteiger partial charge in [-0.15, -0.1) is 0 Å². The standard InChI is InChI=1S/C16H17N3O5/c1-17-10-4-2-3-9-13(10)16(24)19(14(9)22)11-5-6-12(21)18(7-8-20)15(11)23/h2-4,11,17,20H,5-8H2,1H3. The maximum Gasteiger partial charge on any atom is 0.264 e. The second kappa shape index (κ2) is 6.04. The Morgan fingerprint density at radius 2 is 1.96 bits per heavy atom. The van der Waals surface area contributed by atoms with Crippen molar-refractivity contribution < 1.29 is 24.3 Å². The fraction of sp³-hybridized carbons (Fsp3) is 0.375. The first-order chi connectivity index (χ1) is 11.5. The second-order valence-corrected chi connectivity index (χ2v) is 5.62. The van der Waals surface area contributed by atoms with E-state index in [1.54, 1.807) is 25.2 Å². The quantitative estimate of drug-likeness (QED) is 0.742. The molecule has 8 heteroatoms. The number of likely N-dealkylation sites (tertiary alicyclic amines) is 1. The molecule has 1 unspecified atom stereocenters. The lowest BCUT2D eigenvalue weighted by atomic mass is 10.0. The van der Waals surface area contributed by atoms with Crippen LogP contribution in [-0.4, -0.2) is 64.8 Å². The summed E-state index contributed by atoms with van der Waals surface area (Å²) in [6.07, 6.45) is 0.142. The van der Waals surface area contributed by atoms with Crippen molar-refractivity contribution in [3.8, 4) is 0 Å². The number of rotatable bonds is 4. The van der Waals surface area contributed by atoms with E-state index < -0.39 is 29.7 Å². The molecule has 1 aromatic carbocycles. The molecule has 4 amide bonds. The van der Waals surface area contributed by atoms with Crippen LogP contribution in [0.15, 0.2) is 18.2 Å². The van der Waals surface area contributed by atoms with E-state index in [9.17, 15) is 19.2 Å². The number of β-amino-alcohol motifs (C(OH)–C–C–N with tert-alkyl or cyclic N) is 1. The third-order valence-corrected chi connectivity index (χ3v) is 4.33. The van der Waals surface area contributed by atoms with Gasteiger partial charge in [-0.2, -0.15) is 0 Å². The van der Waals surface area contributed by atoms with Crippen LogP contribution in [0.4, 0.5) is 5.69 Å². The van der Waals surface area contributed by atoms with E-state index in [0.29, 0.717) is 5.69 Å². The van der Waals surface area contributed by atoms with E-state index in [-0.39, 0.29) is 37.1 Å². The summed E-state index contributed by atoms with van der Waals surface area (Å²) in [6, 6.07) is 3.85. The summed E-state index contributed by atoms with van der Waals surface area (Å²) >= 11 is 0. The van der Waals surface area contributed by atoms with E-state index >= 15 is 0 Å². The van der Waals surface area contributed by atoms with E-state index in [4.69, 9.17) is 5.11 Å². The number of anilines is 1. The zero-order valence-electron chi connectivity index (χ0n) is 13.1. The van der Waals surface area contributed by atoms with Crippen molar-refractivity contribution in [1.82, 2.24) is 9.80 Å². The highest BCUT2D eigenvalue weighted by Crippen LogP contribution is 2.32. The topological polar surface area (TPSA) is 107 Å². The summed E-state index contributed by atoms with van der Waals surface area (Å²) in [6.45, 7) is -0.505. The molecule has 8 nitrogen and oxygen atoms in total. The van der Waals surface area contributed by atoms with Crippen LogP contribution in [0.1, 0.15) is 33.6 Å². The number of carbonyl (C=O) groups excluding carboxylic acids is 4. The van der Waals surface area contributed by atoms with Crippen molar-refractivity contribution in [2.45, 2.75) is 18.9 Å². The van der Waals surface area contributed by atoms with Gasteiger partial charge in [0.2, 0.25) is 5.91 Å². The van der Waals surface area contributed by atoms with Gasteiger partial charge in [-0.3, -0.25) is 29.0 Å². The molecule has 0 spiro atoms. The number of aliphatic hydroxyl groups excluding tert-OH is 1. The van der Waals surface area contributed by atoms with E-state index in [0.717, 1.165) is 9.80 Å². The second-order valence-electron chi connectivity index (χ2n) is 5.62. The summed E-state index contributed by atoms with van der Waals surface area (Å²) in [5, 5.41) is 11.9. The average molecular weight is 331 g/mol. The monoisotopic (exact) mass is 331 g/mol. The number of carbonyl (C=O) groups is 4. The maximum atomic E-state index is 12.7. The number of aliphatic hydroxyl groups is 1. The molecule has 0 aliphatic carbocycles. The Morgan fingerprint density at radius 1 is 1.21 bits per heavy atom. The van der Waals surface area contributed by atoms with Gasteiger partial charge >= 0.3 is 0 Å². The van der Waals surface area contributed by atoms with Crippen LogP contribution in [0.5, 0.6) is 0 Å². The highest BCUT2D eigenvalue weighted by atomic mass is 16.3. The highest BCUT2D eigenvalue weighted by molar-refractivity contribution is 6.25. The molecule has 126 valence electrons. The van der Waals surface area contributed by atoms with Gasteiger partial charge in [-0.1, -0.05) is 6.07 Å². The van der Waals surface area contributed by atoms with Crippen LogP contribution in [-0.2, 0) is 9.59 Å². The number of hydrogen-bond donors (Lipinski definition) is 2. The molecule has 1 fully saturated rings. The number of nitrogens with one attached hydrogen (secondary N) is 1. The first kappa shape index (κ1) is 16.1. The fourth-order valence-corrected chi connectivity index (χ4v) is 3.19. The molecular formula is C16H17N3O5. The molecule has 1 atom stereocenters. The predicted molar refractivity (Wildman–Crippen MR) is 83.3 cm³/mol. The lowest BCUT2D eigenvalue weighted by molar-refractivity contribution is -0.152. The summed E-state index contributed by atoms with van der Waals surface area (Å²) in [5.41, 5.74) is 0.994. The summed E-state index contributed by atoms with van der Waals surface area (Å²) in [5.74, 6) is -2.11. The summed E-state index contributed by atoms with van der Waals surface area (Å²) < 4.78 is 0. The maximum absolute atomic E-state index is 12.7. The third kappa shape index (κ3) is 2.26. The number of fused-ring (bicyclic) bond motifs is 1. The van der Waals surface area contributed by atoms with E-state index in [1.807, 2.05) is 0 Å². The number of imide groups is 2. The van der Waals surface area contributed by atoms with E-state index in [1.165, 1.54) is 0 Å². The smallest absolute Gasteiger partial charge is 0.264 e. The van der Waals surface area contributed by atoms with Crippen LogP contribution in [0.2, 0.25) is 0 Å². The predicted octanol–water partition coefficient (Wildman–Crippen LogP) is -0.166. The Hall–Kier alpha value is -2.74. The van der Waals surface area contributed by atoms with Crippen molar-refractivity contribution >= 4 is 29.3 Å². The zero-order chi connectivity index (χ0) is 17.4. The van der Waals surface area contributed by atoms with Gasteiger partial charge in [-0.25, -0.2) is 0 Å². The number of hydrogen-bond acceptors (Lipinski definition) is 6. The van der Waals surface area contributed by atoms with Crippen LogP contribution < -0.4 is 5.32 Å². The first-order valence-electron chi connectivity index (χ1n) is 7.65. The highest BCUT2D eigenvalue weighted by Gasteiger charge is 2.47. The average Bonchev–Trinajstić information content (AvgIpc) is 2.83. The zero-order valence-corrected chi connectivity index (χ0v) is 13.1. The van der Waals surface area contributed by atoms with Crippen LogP contribution in [0.3, 0.4) is 0 Å². The molecule has 0 bridgehead atoms. The molecule has 0 aromatic heterocycles. The normalized spacial score (nSPS) is 20.7. The molecule has 1 aromatic rings. The van der Waals surface area contributed by atoms with Crippen LogP contribution >= 0.6 is 0 Å². The lowest BCUT2D eigenvalue weighted by Gasteiger charge is -2.34. The van der Waals surface area contributed by atoms with Crippen molar-refractivity contribution in [2.24, 2.45) is 0 Å². The number of piperidine rings is 1. The number of nitrogens with zero attached hydrogens (tertiary/aromatic N) is 2. The molecule has 2 heterocycles. The Morgan fingerprint density at radius 3 is 2.62 bits per heavy atom. The molecule has 0 radical (unpaired) electrons. The van der Waals surface area contributed by atoms with Gasteiger partial charge in [-0.05, 0) is 18.6 Å². The van der Waals surface area contributed by atoms with Crippen molar-refractivity contribution in [3.05, 3.63) is 29.3 Å². The van der Waals surface area contributed by atoms with Crippen molar-refractivity contribution in [3.63, 3.8) is 0 Å². The minimum atomic E-state index is -1.02. The van der Waals surface area contributed by atoms with Crippen LogP contribution in [0.25, 0.3) is 0 Å². The van der Waals surface area contributed by atoms with Crippen molar-refractivity contribution in [1.29, 1.82) is 0 Å². The molecule has 1 saturated heterocycles. The van der Waals surface area contributed by atoms with Gasteiger partial charge in [0.25, 0.3) is 17.7 Å². The Balaban J connectivity index is 1.96. The first-order valence-corrected chi connectivity index (χ1v) is 7.65. The fourth-order valence-electron chi connectivity index (χ4n) is 3.19. The van der Waals surface area contributed by atoms with Crippen molar-refractivity contribution in [2.75, 3.05) is 25.5 Å². The summed E-state index contributed by atoms with van der Waals surface area (Å²) in [4.78, 5) is 51.6. The largest absolute Gasteiger partial charge is 0.395 e. The third-order valence-electron chi connectivity index (χ3n) is 4.33. The molecular weight excluding hydrogens is 314 g/mol. The Labute approximate surface area is 138 Å². The molecule has 3 rings (SSSR count). The SMILES string of the molecule is CNc1cccc2c1C(=O)N(C1CCC(=O)N(CCO)C1=O)C2=O. The van der Waals surface area contributed by atoms with Crippen LogP contribution in [0, 0.1) is 0 Å². The Bertz CT molecular complexity index is 745. The molecule has 2 aliphatic heterocycles. The van der Waals surface area contributed by atoms with Gasteiger partial charge in [0.1, 0.15) is 6.04 Å². The van der Waals surface area contributed by atoms with Gasteiger partial charge in [0.15, 0.2) is 0 Å². The number of benzene rings is 1. The van der Waals surface area contributed by atoms with Gasteiger partial charge in [0, 0.05) is 19.2 Å². The minimum Gasteiger partial charge on any atom is -0.395 e. The van der Waals surface area contributed by atoms with Gasteiger partial charge < -0.3 is 10.4 Å². The summed E-state index contributed by atoms with van der Waals surface area (Å²) in [7, 11) is 1.64. The lowest BCUT2D eigenvalue weighted by Crippen LogP contribution is -2.56. The molecule has 2 aliphatic rings. The van der Waals surface area contributed by atoms with Gasteiger partial charge in [0.05, 0.1) is 24.3 Å². The van der Waals surface area contributed by atoms with E-state index in [2.05, 4.69) is 5.32 Å². The molecule has 24 heavy (non-hydrogen) atoms. The number of amides is 4. The molecule has 2 N–H and O–H groups in total. The molecule has 0 saturated carbocycles.